The van der Waals surface area contributed by atoms with Crippen LogP contribution in [0.25, 0.3) is 11.0 Å². The molecule has 0 saturated heterocycles. The number of fused-ring (bicyclic) bond motifs is 1. The predicted octanol–water partition coefficient (Wildman–Crippen LogP) is 2.80. The van der Waals surface area contributed by atoms with Crippen molar-refractivity contribution in [3.8, 4) is 0 Å². The number of aryl methyl sites for hydroxylation is 1. The molecule has 0 unspecified atom stereocenters. The van der Waals surface area contributed by atoms with Gasteiger partial charge in [0.15, 0.2) is 6.29 Å². The number of halogens is 2. The third-order valence-corrected chi connectivity index (χ3v) is 2.92. The normalized spacial score (nSPS) is 10.8. The zero-order valence-corrected chi connectivity index (χ0v) is 9.63. The first-order valence-corrected chi connectivity index (χ1v) is 5.08. The van der Waals surface area contributed by atoms with Crippen molar-refractivity contribution in [3.63, 3.8) is 0 Å². The molecule has 0 aliphatic rings. The molecule has 0 atom stereocenters. The smallest absolute Gasteiger partial charge is 0.168 e. The average molecular weight is 274 g/mol. The Morgan fingerprint density at radius 2 is 2.29 bits per heavy atom. The summed E-state index contributed by atoms with van der Waals surface area (Å²) in [6.45, 7) is 0. The highest BCUT2D eigenvalue weighted by Gasteiger charge is 2.13. The van der Waals surface area contributed by atoms with Crippen LogP contribution in [0.3, 0.4) is 0 Å². The maximum absolute atomic E-state index is 10.8. The Morgan fingerprint density at radius 3 is 2.93 bits per heavy atom. The van der Waals surface area contributed by atoms with Gasteiger partial charge in [0.2, 0.25) is 0 Å². The first-order valence-electron chi connectivity index (χ1n) is 3.90. The van der Waals surface area contributed by atoms with Crippen LogP contribution in [0.2, 0.25) is 5.02 Å². The van der Waals surface area contributed by atoms with Gasteiger partial charge in [-0.15, -0.1) is 0 Å². The summed E-state index contributed by atoms with van der Waals surface area (Å²) < 4.78 is 2.43. The number of aldehydes is 1. The lowest BCUT2D eigenvalue weighted by Crippen LogP contribution is -1.93. The maximum atomic E-state index is 10.8. The Balaban J connectivity index is 2.94. The molecule has 0 aliphatic carbocycles. The molecule has 0 aliphatic heterocycles. The Morgan fingerprint density at radius 1 is 1.57 bits per heavy atom. The number of rotatable bonds is 1. The van der Waals surface area contributed by atoms with Crippen molar-refractivity contribution in [2.75, 3.05) is 0 Å². The van der Waals surface area contributed by atoms with Gasteiger partial charge in [0.25, 0.3) is 0 Å². The van der Waals surface area contributed by atoms with E-state index in [1.54, 1.807) is 11.6 Å². The molecule has 5 heteroatoms. The molecule has 0 radical (unpaired) electrons. The molecule has 0 amide bonds. The number of hydrogen-bond acceptors (Lipinski definition) is 2. The summed E-state index contributed by atoms with van der Waals surface area (Å²) >= 11 is 9.25. The van der Waals surface area contributed by atoms with Crippen molar-refractivity contribution in [3.05, 3.63) is 27.5 Å². The van der Waals surface area contributed by atoms with Crippen LogP contribution in [-0.4, -0.2) is 15.8 Å². The van der Waals surface area contributed by atoms with Gasteiger partial charge in [0, 0.05) is 7.05 Å². The van der Waals surface area contributed by atoms with Gasteiger partial charge in [-0.05, 0) is 28.1 Å². The molecule has 0 saturated carbocycles. The standard InChI is InChI=1S/C9H6BrClN2O/c1-13-5-2-3-7(10)12-9(5)8(11)6(13)4-14/h2-4H,1H3. The van der Waals surface area contributed by atoms with Crippen molar-refractivity contribution in [1.82, 2.24) is 9.55 Å². The van der Waals surface area contributed by atoms with E-state index in [2.05, 4.69) is 20.9 Å². The van der Waals surface area contributed by atoms with Gasteiger partial charge < -0.3 is 4.57 Å². The van der Waals surface area contributed by atoms with E-state index in [0.717, 1.165) is 11.8 Å². The summed E-state index contributed by atoms with van der Waals surface area (Å²) in [5, 5.41) is 0.402. The minimum atomic E-state index is 0.402. The molecular weight excluding hydrogens is 267 g/mol. The topological polar surface area (TPSA) is 34.9 Å². The summed E-state index contributed by atoms with van der Waals surface area (Å²) in [7, 11) is 1.79. The SMILES string of the molecule is Cn1c(C=O)c(Cl)c2nc(Br)ccc21. The van der Waals surface area contributed by atoms with E-state index in [1.165, 1.54) is 0 Å². The van der Waals surface area contributed by atoms with Crippen LogP contribution in [-0.2, 0) is 7.05 Å². The third kappa shape index (κ3) is 1.26. The average Bonchev–Trinajstić information content (AvgIpc) is 2.39. The van der Waals surface area contributed by atoms with Crippen molar-refractivity contribution < 1.29 is 4.79 Å². The minimum absolute atomic E-state index is 0.402. The largest absolute Gasteiger partial charge is 0.339 e. The number of aromatic nitrogens is 2. The number of carbonyl (C=O) groups excluding carboxylic acids is 1. The number of pyridine rings is 1. The highest BCUT2D eigenvalue weighted by atomic mass is 79.9. The summed E-state index contributed by atoms with van der Waals surface area (Å²) in [4.78, 5) is 15.0. The second-order valence-corrected chi connectivity index (χ2v) is 4.07. The molecule has 3 nitrogen and oxygen atoms in total. The van der Waals surface area contributed by atoms with Gasteiger partial charge in [-0.1, -0.05) is 11.6 Å². The molecule has 14 heavy (non-hydrogen) atoms. The molecule has 0 fully saturated rings. The van der Waals surface area contributed by atoms with Crippen LogP contribution in [0, 0.1) is 0 Å². The summed E-state index contributed by atoms with van der Waals surface area (Å²) in [6.07, 6.45) is 0.734. The van der Waals surface area contributed by atoms with Crippen molar-refractivity contribution in [2.45, 2.75) is 0 Å². The third-order valence-electron chi connectivity index (χ3n) is 2.11. The maximum Gasteiger partial charge on any atom is 0.168 e. The first kappa shape index (κ1) is 9.68. The highest BCUT2D eigenvalue weighted by molar-refractivity contribution is 9.10. The van der Waals surface area contributed by atoms with E-state index in [9.17, 15) is 4.79 Å². The van der Waals surface area contributed by atoms with E-state index >= 15 is 0 Å². The van der Waals surface area contributed by atoms with E-state index in [-0.39, 0.29) is 0 Å². The van der Waals surface area contributed by atoms with Crippen molar-refractivity contribution in [2.24, 2.45) is 7.05 Å². The quantitative estimate of drug-likeness (QED) is 0.591. The lowest BCUT2D eigenvalue weighted by molar-refractivity contribution is 0.111. The number of carbonyl (C=O) groups is 1. The minimum Gasteiger partial charge on any atom is -0.339 e. The van der Waals surface area contributed by atoms with E-state index < -0.39 is 0 Å². The lowest BCUT2D eigenvalue weighted by Gasteiger charge is -1.96. The van der Waals surface area contributed by atoms with Gasteiger partial charge in [-0.2, -0.15) is 0 Å². The lowest BCUT2D eigenvalue weighted by atomic mass is 10.4. The fraction of sp³-hybridized carbons (Fsp3) is 0.111. The molecule has 0 bridgehead atoms. The van der Waals surface area contributed by atoms with Gasteiger partial charge in [-0.25, -0.2) is 4.98 Å². The fourth-order valence-corrected chi connectivity index (χ4v) is 2.01. The zero-order valence-electron chi connectivity index (χ0n) is 7.29. The summed E-state index contributed by atoms with van der Waals surface area (Å²) in [5.41, 5.74) is 1.94. The predicted molar refractivity (Wildman–Crippen MR) is 58.8 cm³/mol. The second-order valence-electron chi connectivity index (χ2n) is 2.88. The molecule has 2 heterocycles. The molecule has 2 aromatic rings. The van der Waals surface area contributed by atoms with E-state index in [1.807, 2.05) is 12.1 Å². The van der Waals surface area contributed by atoms with Gasteiger partial charge in [0.05, 0.1) is 10.5 Å². The van der Waals surface area contributed by atoms with E-state index in [4.69, 9.17) is 11.6 Å². The Labute approximate surface area is 93.8 Å². The van der Waals surface area contributed by atoms with Crippen molar-refractivity contribution >= 4 is 44.9 Å². The van der Waals surface area contributed by atoms with Gasteiger partial charge >= 0.3 is 0 Å². The zero-order chi connectivity index (χ0) is 10.3. The van der Waals surface area contributed by atoms with Gasteiger partial charge in [0.1, 0.15) is 15.8 Å². The van der Waals surface area contributed by atoms with Crippen LogP contribution >= 0.6 is 27.5 Å². The number of nitrogens with zero attached hydrogens (tertiary/aromatic N) is 2. The molecule has 72 valence electrons. The van der Waals surface area contributed by atoms with Crippen LogP contribution in [0.15, 0.2) is 16.7 Å². The molecule has 0 aromatic carbocycles. The van der Waals surface area contributed by atoms with Crippen molar-refractivity contribution in [1.29, 1.82) is 0 Å². The monoisotopic (exact) mass is 272 g/mol. The van der Waals surface area contributed by atoms with E-state index in [0.29, 0.717) is 20.8 Å². The first-order chi connectivity index (χ1) is 6.65. The summed E-state index contributed by atoms with van der Waals surface area (Å²) in [5.74, 6) is 0. The fourth-order valence-electron chi connectivity index (χ4n) is 1.39. The Kier molecular flexibility index (Phi) is 2.33. The number of hydrogen-bond donors (Lipinski definition) is 0. The Hall–Kier alpha value is -0.870. The highest BCUT2D eigenvalue weighted by Crippen LogP contribution is 2.28. The molecular formula is C9H6BrClN2O. The van der Waals surface area contributed by atoms with Crippen LogP contribution in [0.5, 0.6) is 0 Å². The molecule has 0 spiro atoms. The molecule has 2 rings (SSSR count). The van der Waals surface area contributed by atoms with Crippen LogP contribution in [0.4, 0.5) is 0 Å². The second kappa shape index (κ2) is 3.37. The Bertz CT molecular complexity index is 521. The van der Waals surface area contributed by atoms with Gasteiger partial charge in [-0.3, -0.25) is 4.79 Å². The molecule has 2 aromatic heterocycles. The summed E-state index contributed by atoms with van der Waals surface area (Å²) in [6, 6.07) is 3.68. The van der Waals surface area contributed by atoms with Crippen LogP contribution in [0.1, 0.15) is 10.5 Å². The van der Waals surface area contributed by atoms with Crippen LogP contribution < -0.4 is 0 Å². The molecule has 0 N–H and O–H groups in total.